The summed E-state index contributed by atoms with van der Waals surface area (Å²) >= 11 is 5.79. The summed E-state index contributed by atoms with van der Waals surface area (Å²) in [5.74, 6) is 0.892. The van der Waals surface area contributed by atoms with Gasteiger partial charge in [-0.1, -0.05) is 11.6 Å². The van der Waals surface area contributed by atoms with E-state index in [4.69, 9.17) is 21.1 Å². The molecule has 138 valence electrons. The zero-order chi connectivity index (χ0) is 18.9. The van der Waals surface area contributed by atoms with Gasteiger partial charge in [0.25, 0.3) is 5.91 Å². The largest absolute Gasteiger partial charge is 0.497 e. The Labute approximate surface area is 157 Å². The summed E-state index contributed by atoms with van der Waals surface area (Å²) in [4.78, 5) is 24.0. The van der Waals surface area contributed by atoms with Crippen LogP contribution < -0.4 is 20.1 Å². The number of methoxy groups -OCH3 is 2. The van der Waals surface area contributed by atoms with Crippen molar-refractivity contribution in [3.63, 3.8) is 0 Å². The number of carbonyl (C=O) groups is 2. The summed E-state index contributed by atoms with van der Waals surface area (Å²) in [6, 6.07) is 11.9. The van der Waals surface area contributed by atoms with E-state index in [0.717, 1.165) is 5.56 Å². The Kier molecular flexibility index (Phi) is 7.29. The van der Waals surface area contributed by atoms with E-state index in [1.54, 1.807) is 56.7 Å². The van der Waals surface area contributed by atoms with Gasteiger partial charge in [0.1, 0.15) is 11.5 Å². The summed E-state index contributed by atoms with van der Waals surface area (Å²) in [5.41, 5.74) is 1.25. The molecular weight excluding hydrogens is 356 g/mol. The highest BCUT2D eigenvalue weighted by Crippen LogP contribution is 2.24. The van der Waals surface area contributed by atoms with Gasteiger partial charge in [0.15, 0.2) is 0 Å². The molecular formula is C19H21ClN2O4. The lowest BCUT2D eigenvalue weighted by Crippen LogP contribution is -2.35. The van der Waals surface area contributed by atoms with Crippen LogP contribution in [0, 0.1) is 0 Å². The molecule has 0 aliphatic carbocycles. The first-order valence-corrected chi connectivity index (χ1v) is 8.42. The molecule has 0 aromatic heterocycles. The maximum atomic E-state index is 12.1. The standard InChI is InChI=1S/C19H21ClN2O4/c1-25-16-7-8-17(26-2)14(11-16)12-18(23)21-9-10-22-19(24)13-3-5-15(20)6-4-13/h3-8,11H,9-10,12H2,1-2H3,(H,21,23)(H,22,24). The Hall–Kier alpha value is -2.73. The van der Waals surface area contributed by atoms with E-state index in [1.807, 2.05) is 0 Å². The Morgan fingerprint density at radius 1 is 0.962 bits per heavy atom. The number of halogens is 1. The number of hydrogen-bond acceptors (Lipinski definition) is 4. The first-order valence-electron chi connectivity index (χ1n) is 8.05. The minimum Gasteiger partial charge on any atom is -0.497 e. The molecule has 0 aliphatic rings. The fourth-order valence-corrected chi connectivity index (χ4v) is 2.46. The summed E-state index contributed by atoms with van der Waals surface area (Å²) in [6.45, 7) is 0.646. The molecule has 0 bridgehead atoms. The predicted octanol–water partition coefficient (Wildman–Crippen LogP) is 2.45. The molecule has 0 aliphatic heterocycles. The summed E-state index contributed by atoms with van der Waals surface area (Å²) in [7, 11) is 3.12. The van der Waals surface area contributed by atoms with E-state index < -0.39 is 0 Å². The van der Waals surface area contributed by atoms with Gasteiger partial charge in [-0.3, -0.25) is 9.59 Å². The fraction of sp³-hybridized carbons (Fsp3) is 0.263. The number of carbonyl (C=O) groups excluding carboxylic acids is 2. The number of amides is 2. The second kappa shape index (κ2) is 9.68. The molecule has 2 amide bonds. The summed E-state index contributed by atoms with van der Waals surface area (Å²) in [5, 5.41) is 6.07. The van der Waals surface area contributed by atoms with Gasteiger partial charge in [0.05, 0.1) is 20.6 Å². The maximum absolute atomic E-state index is 12.1. The van der Waals surface area contributed by atoms with Crippen molar-refractivity contribution in [2.24, 2.45) is 0 Å². The molecule has 0 unspecified atom stereocenters. The third kappa shape index (κ3) is 5.67. The Morgan fingerprint density at radius 2 is 1.65 bits per heavy atom. The van der Waals surface area contributed by atoms with E-state index in [9.17, 15) is 9.59 Å². The zero-order valence-corrected chi connectivity index (χ0v) is 15.4. The highest BCUT2D eigenvalue weighted by molar-refractivity contribution is 6.30. The molecule has 0 radical (unpaired) electrons. The number of rotatable bonds is 8. The minimum absolute atomic E-state index is 0.158. The van der Waals surface area contributed by atoms with Gasteiger partial charge in [-0.15, -0.1) is 0 Å². The lowest BCUT2D eigenvalue weighted by Gasteiger charge is -2.11. The molecule has 2 aromatic carbocycles. The van der Waals surface area contributed by atoms with Gasteiger partial charge < -0.3 is 20.1 Å². The van der Waals surface area contributed by atoms with Gasteiger partial charge in [-0.2, -0.15) is 0 Å². The van der Waals surface area contributed by atoms with Crippen molar-refractivity contribution in [3.8, 4) is 11.5 Å². The molecule has 0 fully saturated rings. The topological polar surface area (TPSA) is 76.7 Å². The van der Waals surface area contributed by atoms with Crippen molar-refractivity contribution in [1.29, 1.82) is 0 Å². The molecule has 0 heterocycles. The lowest BCUT2D eigenvalue weighted by molar-refractivity contribution is -0.120. The van der Waals surface area contributed by atoms with Gasteiger partial charge in [0.2, 0.25) is 5.91 Å². The predicted molar refractivity (Wildman–Crippen MR) is 100 cm³/mol. The molecule has 2 aromatic rings. The minimum atomic E-state index is -0.217. The molecule has 0 saturated carbocycles. The van der Waals surface area contributed by atoms with Crippen LogP contribution in [0.5, 0.6) is 11.5 Å². The van der Waals surface area contributed by atoms with Crippen LogP contribution in [0.3, 0.4) is 0 Å². The fourth-order valence-electron chi connectivity index (χ4n) is 2.34. The van der Waals surface area contributed by atoms with E-state index in [0.29, 0.717) is 35.2 Å². The lowest BCUT2D eigenvalue weighted by atomic mass is 10.1. The molecule has 0 saturated heterocycles. The number of hydrogen-bond donors (Lipinski definition) is 2. The highest BCUT2D eigenvalue weighted by atomic mass is 35.5. The third-order valence-electron chi connectivity index (χ3n) is 3.68. The average molecular weight is 377 g/mol. The second-order valence-electron chi connectivity index (χ2n) is 5.47. The van der Waals surface area contributed by atoms with Gasteiger partial charge in [0, 0.05) is 29.2 Å². The highest BCUT2D eigenvalue weighted by Gasteiger charge is 2.10. The van der Waals surface area contributed by atoms with Crippen molar-refractivity contribution in [3.05, 3.63) is 58.6 Å². The Balaban J connectivity index is 1.78. The molecule has 0 spiro atoms. The molecule has 7 heteroatoms. The third-order valence-corrected chi connectivity index (χ3v) is 3.93. The summed E-state index contributed by atoms with van der Waals surface area (Å²) < 4.78 is 10.4. The van der Waals surface area contributed by atoms with Crippen LogP contribution in [0.15, 0.2) is 42.5 Å². The Morgan fingerprint density at radius 3 is 2.31 bits per heavy atom. The van der Waals surface area contributed by atoms with Crippen LogP contribution in [0.25, 0.3) is 0 Å². The maximum Gasteiger partial charge on any atom is 0.251 e. The van der Waals surface area contributed by atoms with Crippen molar-refractivity contribution < 1.29 is 19.1 Å². The molecule has 26 heavy (non-hydrogen) atoms. The van der Waals surface area contributed by atoms with Crippen molar-refractivity contribution in [2.45, 2.75) is 6.42 Å². The van der Waals surface area contributed by atoms with E-state index >= 15 is 0 Å². The monoisotopic (exact) mass is 376 g/mol. The van der Waals surface area contributed by atoms with Crippen LogP contribution in [0.4, 0.5) is 0 Å². The van der Waals surface area contributed by atoms with Gasteiger partial charge >= 0.3 is 0 Å². The van der Waals surface area contributed by atoms with Crippen molar-refractivity contribution in [2.75, 3.05) is 27.3 Å². The van der Waals surface area contributed by atoms with Crippen LogP contribution in [-0.4, -0.2) is 39.1 Å². The van der Waals surface area contributed by atoms with Crippen molar-refractivity contribution in [1.82, 2.24) is 10.6 Å². The molecule has 6 nitrogen and oxygen atoms in total. The van der Waals surface area contributed by atoms with E-state index in [2.05, 4.69) is 10.6 Å². The number of benzene rings is 2. The van der Waals surface area contributed by atoms with E-state index in [-0.39, 0.29) is 18.2 Å². The second-order valence-corrected chi connectivity index (χ2v) is 5.90. The van der Waals surface area contributed by atoms with Crippen LogP contribution in [0.1, 0.15) is 15.9 Å². The molecule has 0 atom stereocenters. The molecule has 2 N–H and O–H groups in total. The average Bonchev–Trinajstić information content (AvgIpc) is 2.65. The van der Waals surface area contributed by atoms with Gasteiger partial charge in [-0.25, -0.2) is 0 Å². The van der Waals surface area contributed by atoms with E-state index in [1.165, 1.54) is 0 Å². The smallest absolute Gasteiger partial charge is 0.251 e. The quantitative estimate of drug-likeness (QED) is 0.694. The SMILES string of the molecule is COc1ccc(OC)c(CC(=O)NCCNC(=O)c2ccc(Cl)cc2)c1. The van der Waals surface area contributed by atoms with Crippen LogP contribution in [-0.2, 0) is 11.2 Å². The Bertz CT molecular complexity index is 763. The van der Waals surface area contributed by atoms with Gasteiger partial charge in [-0.05, 0) is 42.5 Å². The number of ether oxygens (including phenoxy) is 2. The van der Waals surface area contributed by atoms with Crippen LogP contribution >= 0.6 is 11.6 Å². The van der Waals surface area contributed by atoms with Crippen LogP contribution in [0.2, 0.25) is 5.02 Å². The first-order chi connectivity index (χ1) is 12.5. The normalized spacial score (nSPS) is 10.1. The zero-order valence-electron chi connectivity index (χ0n) is 14.7. The number of nitrogens with one attached hydrogen (secondary N) is 2. The molecule has 2 rings (SSSR count). The first kappa shape index (κ1) is 19.6. The van der Waals surface area contributed by atoms with Crippen molar-refractivity contribution >= 4 is 23.4 Å². The summed E-state index contributed by atoms with van der Waals surface area (Å²) in [6.07, 6.45) is 0.158.